The molecule has 0 amide bonds. The Morgan fingerprint density at radius 1 is 1.31 bits per heavy atom. The van der Waals surface area contributed by atoms with Crippen molar-refractivity contribution in [3.63, 3.8) is 0 Å². The topological polar surface area (TPSA) is 23.8 Å². The van der Waals surface area contributed by atoms with Gasteiger partial charge in [-0.2, -0.15) is 0 Å². The molecule has 64 valence electrons. The van der Waals surface area contributed by atoms with Crippen molar-refractivity contribution in [2.24, 2.45) is 0 Å². The molecule has 0 radical (unpaired) electrons. The van der Waals surface area contributed by atoms with Gasteiger partial charge in [0.1, 0.15) is 0 Å². The maximum absolute atomic E-state index is 8.30. The van der Waals surface area contributed by atoms with Gasteiger partial charge in [-0.15, -0.1) is 0 Å². The molecule has 0 atom stereocenters. The molecule has 0 unspecified atom stereocenters. The van der Waals surface area contributed by atoms with Gasteiger partial charge in [-0.1, -0.05) is 0 Å². The van der Waals surface area contributed by atoms with Crippen LogP contribution in [0.15, 0.2) is 24.3 Å². The van der Waals surface area contributed by atoms with Crippen LogP contribution in [0, 0.1) is 29.0 Å². The van der Waals surface area contributed by atoms with Crippen molar-refractivity contribution in [1.29, 1.82) is 5.26 Å². The SMILES string of the molecule is Cc1ccc(C#C[Se]CC#N)cc1. The van der Waals surface area contributed by atoms with Crippen molar-refractivity contribution in [3.8, 4) is 16.8 Å². The van der Waals surface area contributed by atoms with E-state index in [9.17, 15) is 0 Å². The van der Waals surface area contributed by atoms with Gasteiger partial charge in [0.05, 0.1) is 0 Å². The monoisotopic (exact) mass is 235 g/mol. The zero-order valence-corrected chi connectivity index (χ0v) is 9.09. The standard InChI is InChI=1S/C11H9NSe/c1-10-2-4-11(5-3-10)6-8-13-9-7-12/h2-5H,9H2,1H3. The molecule has 1 nitrogen and oxygen atoms in total. The summed E-state index contributed by atoms with van der Waals surface area (Å²) in [6.45, 7) is 2.05. The third kappa shape index (κ3) is 3.81. The Morgan fingerprint density at radius 3 is 2.62 bits per heavy atom. The molecule has 0 saturated heterocycles. The van der Waals surface area contributed by atoms with E-state index in [2.05, 4.69) is 23.7 Å². The molecule has 0 N–H and O–H groups in total. The van der Waals surface area contributed by atoms with Gasteiger partial charge >= 0.3 is 84.7 Å². The average molecular weight is 234 g/mol. The quantitative estimate of drug-likeness (QED) is 0.414. The third-order valence-electron chi connectivity index (χ3n) is 1.46. The van der Waals surface area contributed by atoms with Crippen molar-refractivity contribution < 1.29 is 0 Å². The summed E-state index contributed by atoms with van der Waals surface area (Å²) in [5.41, 5.74) is 2.28. The summed E-state index contributed by atoms with van der Waals surface area (Å²) < 4.78 is 0. The first-order valence-electron chi connectivity index (χ1n) is 3.89. The third-order valence-corrected chi connectivity index (χ3v) is 2.55. The van der Waals surface area contributed by atoms with E-state index in [0.29, 0.717) is 5.32 Å². The van der Waals surface area contributed by atoms with Gasteiger partial charge in [-0.25, -0.2) is 0 Å². The molecule has 0 aliphatic rings. The Morgan fingerprint density at radius 2 is 2.00 bits per heavy atom. The first-order chi connectivity index (χ1) is 6.33. The predicted molar refractivity (Wildman–Crippen MR) is 54.2 cm³/mol. The summed E-state index contributed by atoms with van der Waals surface area (Å²) in [6, 6.07) is 10.2. The van der Waals surface area contributed by atoms with Crippen molar-refractivity contribution >= 4 is 15.0 Å². The van der Waals surface area contributed by atoms with Gasteiger partial charge < -0.3 is 0 Å². The predicted octanol–water partition coefficient (Wildman–Crippen LogP) is 1.95. The van der Waals surface area contributed by atoms with Gasteiger partial charge in [-0.3, -0.25) is 0 Å². The van der Waals surface area contributed by atoms with Gasteiger partial charge in [0.2, 0.25) is 0 Å². The first kappa shape index (κ1) is 9.87. The van der Waals surface area contributed by atoms with Crippen molar-refractivity contribution in [3.05, 3.63) is 35.4 Å². The van der Waals surface area contributed by atoms with Gasteiger partial charge in [-0.05, 0) is 0 Å². The summed E-state index contributed by atoms with van der Waals surface area (Å²) in [5, 5.41) is 8.87. The minimum atomic E-state index is 0.152. The van der Waals surface area contributed by atoms with E-state index in [1.165, 1.54) is 5.56 Å². The number of aryl methyl sites for hydroxylation is 1. The van der Waals surface area contributed by atoms with Crippen LogP contribution in [-0.2, 0) is 0 Å². The van der Waals surface area contributed by atoms with Crippen molar-refractivity contribution in [2.75, 3.05) is 0 Å². The van der Waals surface area contributed by atoms with Crippen LogP contribution in [0.2, 0.25) is 5.32 Å². The molecule has 2 heteroatoms. The molecule has 0 aliphatic heterocycles. The molecule has 13 heavy (non-hydrogen) atoms. The van der Waals surface area contributed by atoms with E-state index in [4.69, 9.17) is 5.26 Å². The van der Waals surface area contributed by atoms with Crippen LogP contribution < -0.4 is 0 Å². The van der Waals surface area contributed by atoms with Crippen LogP contribution in [0.3, 0.4) is 0 Å². The first-order valence-corrected chi connectivity index (χ1v) is 5.96. The summed E-state index contributed by atoms with van der Waals surface area (Å²) in [4.78, 5) is 3.01. The van der Waals surface area contributed by atoms with E-state index in [0.717, 1.165) is 5.56 Å². The Hall–Kier alpha value is -1.21. The molecule has 0 aliphatic carbocycles. The number of nitriles is 1. The van der Waals surface area contributed by atoms with E-state index in [1.807, 2.05) is 24.3 Å². The summed E-state index contributed by atoms with van der Waals surface area (Å²) in [5.74, 6) is 3.03. The van der Waals surface area contributed by atoms with Crippen LogP contribution in [-0.4, -0.2) is 15.0 Å². The molecule has 1 rings (SSSR count). The number of hydrogen-bond donors (Lipinski definition) is 0. The van der Waals surface area contributed by atoms with Crippen LogP contribution >= 0.6 is 0 Å². The van der Waals surface area contributed by atoms with Gasteiger partial charge in [0.15, 0.2) is 0 Å². The fourth-order valence-corrected chi connectivity index (χ4v) is 1.49. The van der Waals surface area contributed by atoms with Crippen LogP contribution in [0.1, 0.15) is 11.1 Å². The molecule has 0 fully saturated rings. The van der Waals surface area contributed by atoms with Crippen LogP contribution in [0.5, 0.6) is 0 Å². The Labute approximate surface area is 84.9 Å². The molecule has 0 aromatic heterocycles. The fourth-order valence-electron chi connectivity index (χ4n) is 0.800. The normalized spacial score (nSPS) is 8.31. The van der Waals surface area contributed by atoms with Crippen LogP contribution in [0.4, 0.5) is 0 Å². The zero-order chi connectivity index (χ0) is 9.52. The minimum absolute atomic E-state index is 0.152. The second-order valence-electron chi connectivity index (χ2n) is 2.54. The molecule has 0 spiro atoms. The Kier molecular flexibility index (Phi) is 4.13. The number of hydrogen-bond acceptors (Lipinski definition) is 1. The zero-order valence-electron chi connectivity index (χ0n) is 7.37. The Bertz CT molecular complexity index is 362. The molecule has 0 saturated carbocycles. The second-order valence-corrected chi connectivity index (χ2v) is 4.18. The number of rotatable bonds is 1. The summed E-state index contributed by atoms with van der Waals surface area (Å²) >= 11 is 0.152. The van der Waals surface area contributed by atoms with E-state index < -0.39 is 0 Å². The van der Waals surface area contributed by atoms with Crippen LogP contribution in [0.25, 0.3) is 0 Å². The molecule has 0 bridgehead atoms. The molecular weight excluding hydrogens is 225 g/mol. The summed E-state index contributed by atoms with van der Waals surface area (Å²) in [7, 11) is 0. The number of benzene rings is 1. The van der Waals surface area contributed by atoms with Gasteiger partial charge in [0.25, 0.3) is 0 Å². The maximum atomic E-state index is 8.30. The van der Waals surface area contributed by atoms with E-state index in [-0.39, 0.29) is 15.0 Å². The molecule has 0 heterocycles. The molecule has 1 aromatic carbocycles. The fraction of sp³-hybridized carbons (Fsp3) is 0.182. The Balaban J connectivity index is 2.58. The van der Waals surface area contributed by atoms with Gasteiger partial charge in [0, 0.05) is 0 Å². The van der Waals surface area contributed by atoms with Crippen molar-refractivity contribution in [2.45, 2.75) is 12.2 Å². The summed E-state index contributed by atoms with van der Waals surface area (Å²) in [6.07, 6.45) is 0. The second kappa shape index (κ2) is 5.44. The van der Waals surface area contributed by atoms with Crippen molar-refractivity contribution in [1.82, 2.24) is 0 Å². The molecule has 1 aromatic rings. The number of nitrogens with zero attached hydrogens (tertiary/aromatic N) is 1. The van der Waals surface area contributed by atoms with E-state index >= 15 is 0 Å². The molecular formula is C11H9NSe. The van der Waals surface area contributed by atoms with E-state index in [1.54, 1.807) is 0 Å². The average Bonchev–Trinajstić information content (AvgIpc) is 2.15.